The molecule has 3 aromatic rings. The van der Waals surface area contributed by atoms with Gasteiger partial charge in [-0.05, 0) is 25.0 Å². The second-order valence-corrected chi connectivity index (χ2v) is 11.5. The number of pyridine rings is 2. The van der Waals surface area contributed by atoms with E-state index in [0.29, 0.717) is 6.54 Å². The van der Waals surface area contributed by atoms with Crippen LogP contribution in [0.4, 0.5) is 11.4 Å². The summed E-state index contributed by atoms with van der Waals surface area (Å²) in [4.78, 5) is 21.0. The lowest BCUT2D eigenvalue weighted by molar-refractivity contribution is -0.692. The Morgan fingerprint density at radius 3 is 1.88 bits per heavy atom. The summed E-state index contributed by atoms with van der Waals surface area (Å²) in [7, 11) is -3.15. The highest BCUT2D eigenvalue weighted by Crippen LogP contribution is 2.52. The lowest BCUT2D eigenvalue weighted by atomic mass is 10.1. The van der Waals surface area contributed by atoms with Gasteiger partial charge in [0.25, 0.3) is 11.4 Å². The van der Waals surface area contributed by atoms with Crippen molar-refractivity contribution in [2.75, 3.05) is 6.16 Å². The van der Waals surface area contributed by atoms with Gasteiger partial charge in [0.05, 0.1) is 16.0 Å². The minimum atomic E-state index is -3.15. The first-order valence-corrected chi connectivity index (χ1v) is 12.4. The van der Waals surface area contributed by atoms with E-state index in [2.05, 4.69) is 0 Å². The molecular weight excluding hydrogens is 463 g/mol. The SMILES string of the molecule is CC(O)P(=O)(CC[n+]1ccc(-c2cc[n+](-c3ccc([N+](=O)[O-])cc3[N+](=O)[O-])cc2)cc1)C(C)O. The van der Waals surface area contributed by atoms with Gasteiger partial charge in [0, 0.05) is 36.4 Å². The van der Waals surface area contributed by atoms with E-state index < -0.39 is 28.7 Å². The topological polar surface area (TPSA) is 152 Å². The molecule has 3 rings (SSSR count). The van der Waals surface area contributed by atoms with Crippen molar-refractivity contribution in [3.05, 3.63) is 87.5 Å². The number of aromatic nitrogens is 2. The summed E-state index contributed by atoms with van der Waals surface area (Å²) in [6, 6.07) is 10.7. The molecule has 12 heteroatoms. The zero-order valence-corrected chi connectivity index (χ0v) is 19.5. The highest BCUT2D eigenvalue weighted by atomic mass is 31.2. The molecule has 0 spiro atoms. The second kappa shape index (κ2) is 10.2. The van der Waals surface area contributed by atoms with Crippen molar-refractivity contribution in [2.45, 2.75) is 32.1 Å². The van der Waals surface area contributed by atoms with Crippen molar-refractivity contribution in [1.82, 2.24) is 0 Å². The quantitative estimate of drug-likeness (QED) is 0.203. The first kappa shape index (κ1) is 25.1. The number of hydrogen-bond acceptors (Lipinski definition) is 7. The second-order valence-electron chi connectivity index (χ2n) is 7.85. The van der Waals surface area contributed by atoms with E-state index in [4.69, 9.17) is 0 Å². The number of aryl methyl sites for hydroxylation is 1. The summed E-state index contributed by atoms with van der Waals surface area (Å²) in [5, 5.41) is 41.9. The van der Waals surface area contributed by atoms with E-state index in [1.807, 2.05) is 16.7 Å². The molecule has 178 valence electrons. The van der Waals surface area contributed by atoms with E-state index in [1.54, 1.807) is 36.9 Å². The largest absolute Gasteiger partial charge is 0.386 e. The van der Waals surface area contributed by atoms with Crippen molar-refractivity contribution >= 4 is 18.5 Å². The lowest BCUT2D eigenvalue weighted by Crippen LogP contribution is -2.36. The zero-order chi connectivity index (χ0) is 25.0. The molecule has 0 saturated heterocycles. The van der Waals surface area contributed by atoms with Crippen LogP contribution in [0.2, 0.25) is 0 Å². The van der Waals surface area contributed by atoms with Gasteiger partial charge in [-0.3, -0.25) is 20.2 Å². The number of rotatable bonds is 9. The van der Waals surface area contributed by atoms with Crippen molar-refractivity contribution in [3.63, 3.8) is 0 Å². The maximum Gasteiger partial charge on any atom is 0.347 e. The minimum absolute atomic E-state index is 0.158. The van der Waals surface area contributed by atoms with Crippen LogP contribution >= 0.6 is 7.14 Å². The van der Waals surface area contributed by atoms with Crippen LogP contribution in [0.1, 0.15) is 13.8 Å². The molecule has 11 nitrogen and oxygen atoms in total. The third-order valence-corrected chi connectivity index (χ3v) is 9.10. The number of nitrogens with zero attached hydrogens (tertiary/aromatic N) is 4. The summed E-state index contributed by atoms with van der Waals surface area (Å²) in [5.74, 6) is -2.18. The average molecular weight is 488 g/mol. The van der Waals surface area contributed by atoms with E-state index in [-0.39, 0.29) is 23.2 Å². The molecule has 0 fully saturated rings. The molecule has 0 aliphatic carbocycles. The normalized spacial score (nSPS) is 14.7. The molecule has 1 aromatic carbocycles. The van der Waals surface area contributed by atoms with Crippen LogP contribution in [-0.2, 0) is 11.1 Å². The van der Waals surface area contributed by atoms with E-state index >= 15 is 0 Å². The number of non-ortho nitro benzene ring substituents is 1. The number of benzene rings is 1. The number of aliphatic hydroxyl groups is 2. The molecule has 0 saturated carbocycles. The van der Waals surface area contributed by atoms with Gasteiger partial charge in [0.1, 0.15) is 24.9 Å². The Bertz CT molecular complexity index is 1230. The maximum atomic E-state index is 12.8. The first-order valence-electron chi connectivity index (χ1n) is 10.4. The van der Waals surface area contributed by atoms with Gasteiger partial charge in [-0.2, -0.15) is 4.57 Å². The lowest BCUT2D eigenvalue weighted by Gasteiger charge is -2.22. The van der Waals surface area contributed by atoms with Crippen molar-refractivity contribution in [3.8, 4) is 16.8 Å². The summed E-state index contributed by atoms with van der Waals surface area (Å²) in [5.41, 5.74) is 1.18. The fourth-order valence-corrected chi connectivity index (χ4v) is 5.44. The van der Waals surface area contributed by atoms with Gasteiger partial charge < -0.3 is 14.8 Å². The van der Waals surface area contributed by atoms with Crippen LogP contribution < -0.4 is 9.13 Å². The van der Waals surface area contributed by atoms with Crippen LogP contribution in [0, 0.1) is 20.2 Å². The van der Waals surface area contributed by atoms with Crippen LogP contribution in [0.25, 0.3) is 16.8 Å². The first-order chi connectivity index (χ1) is 16.0. The number of aliphatic hydroxyl groups excluding tert-OH is 2. The summed E-state index contributed by atoms with van der Waals surface area (Å²) >= 11 is 0. The third kappa shape index (κ3) is 5.33. The molecule has 34 heavy (non-hydrogen) atoms. The molecule has 2 aromatic heterocycles. The van der Waals surface area contributed by atoms with Crippen LogP contribution in [-0.4, -0.2) is 37.9 Å². The number of nitro groups is 2. The van der Waals surface area contributed by atoms with E-state index in [1.165, 1.54) is 30.5 Å². The Morgan fingerprint density at radius 1 is 0.882 bits per heavy atom. The van der Waals surface area contributed by atoms with Gasteiger partial charge >= 0.3 is 5.69 Å². The molecule has 0 aliphatic heterocycles. The highest BCUT2D eigenvalue weighted by molar-refractivity contribution is 7.64. The predicted molar refractivity (Wildman–Crippen MR) is 123 cm³/mol. The maximum absolute atomic E-state index is 12.8. The molecule has 0 bridgehead atoms. The van der Waals surface area contributed by atoms with Crippen molar-refractivity contribution in [2.24, 2.45) is 0 Å². The van der Waals surface area contributed by atoms with Gasteiger partial charge in [0.2, 0.25) is 0 Å². The molecule has 2 heterocycles. The number of nitro benzene ring substituents is 2. The molecule has 0 amide bonds. The molecular formula is C22H25N4O7P+2. The fourth-order valence-electron chi connectivity index (χ4n) is 3.53. The van der Waals surface area contributed by atoms with Gasteiger partial charge in [-0.15, -0.1) is 0 Å². The van der Waals surface area contributed by atoms with Crippen LogP contribution in [0.5, 0.6) is 0 Å². The summed E-state index contributed by atoms with van der Waals surface area (Å²) < 4.78 is 16.1. The number of hydrogen-bond donors (Lipinski definition) is 2. The van der Waals surface area contributed by atoms with Crippen LogP contribution in [0.3, 0.4) is 0 Å². The molecule has 0 aliphatic rings. The average Bonchev–Trinajstić information content (AvgIpc) is 2.82. The van der Waals surface area contributed by atoms with E-state index in [0.717, 1.165) is 17.2 Å². The Balaban J connectivity index is 1.79. The van der Waals surface area contributed by atoms with Gasteiger partial charge in [-0.25, -0.2) is 4.57 Å². The Kier molecular flexibility index (Phi) is 7.51. The monoisotopic (exact) mass is 488 g/mol. The molecule has 2 unspecified atom stereocenters. The standard InChI is InChI=1S/C22H25N4O7P/c1-16(27)34(33,17(2)28)14-13-23-9-5-18(6-10-23)19-7-11-24(12-8-19)21-4-3-20(25(29)30)15-22(21)26(31)32/h3-12,15-17,27-28H,13-14H2,1-2H3/q+2. The predicted octanol–water partition coefficient (Wildman–Crippen LogP) is 2.77. The minimum Gasteiger partial charge on any atom is -0.386 e. The Hall–Kier alpha value is -3.53. The zero-order valence-electron chi connectivity index (χ0n) is 18.6. The molecule has 2 N–H and O–H groups in total. The molecule has 0 radical (unpaired) electrons. The third-order valence-electron chi connectivity index (χ3n) is 5.67. The summed E-state index contributed by atoms with van der Waals surface area (Å²) in [6.45, 7) is 3.22. The molecule has 2 atom stereocenters. The fraction of sp³-hybridized carbons (Fsp3) is 0.273. The summed E-state index contributed by atoms with van der Waals surface area (Å²) in [6.07, 6.45) is 7.02. The van der Waals surface area contributed by atoms with Crippen molar-refractivity contribution < 1.29 is 33.8 Å². The smallest absolute Gasteiger partial charge is 0.347 e. The van der Waals surface area contributed by atoms with Crippen LogP contribution in [0.15, 0.2) is 67.3 Å². The van der Waals surface area contributed by atoms with Gasteiger partial charge in [0.15, 0.2) is 31.3 Å². The van der Waals surface area contributed by atoms with E-state index in [9.17, 15) is 35.0 Å². The Labute approximate surface area is 195 Å². The van der Waals surface area contributed by atoms with Crippen molar-refractivity contribution in [1.29, 1.82) is 0 Å². The van der Waals surface area contributed by atoms with Gasteiger partial charge in [-0.1, -0.05) is 0 Å². The highest BCUT2D eigenvalue weighted by Gasteiger charge is 2.34. The Morgan fingerprint density at radius 2 is 1.41 bits per heavy atom.